The Balaban J connectivity index is 2.37. The van der Waals surface area contributed by atoms with Gasteiger partial charge in [-0.1, -0.05) is 11.6 Å². The number of halogens is 1. The lowest BCUT2D eigenvalue weighted by Gasteiger charge is -2.15. The molecule has 0 atom stereocenters. The molecule has 128 valence electrons. The zero-order valence-corrected chi connectivity index (χ0v) is 15.0. The molecule has 2 aromatic rings. The molecule has 2 aromatic carbocycles. The highest BCUT2D eigenvalue weighted by Crippen LogP contribution is 2.27. The predicted molar refractivity (Wildman–Crippen MR) is 93.3 cm³/mol. The molecule has 2 rings (SSSR count). The Bertz CT molecular complexity index is 849. The maximum Gasteiger partial charge on any atom is 0.255 e. The average Bonchev–Trinajstić information content (AvgIpc) is 2.56. The fourth-order valence-corrected chi connectivity index (χ4v) is 3.15. The minimum absolute atomic E-state index is 0.0706. The molecule has 1 amide bonds. The van der Waals surface area contributed by atoms with Crippen LogP contribution in [0.15, 0.2) is 47.4 Å². The van der Waals surface area contributed by atoms with Gasteiger partial charge in [0.05, 0.1) is 7.11 Å². The van der Waals surface area contributed by atoms with E-state index in [1.807, 2.05) is 0 Å². The van der Waals surface area contributed by atoms with E-state index < -0.39 is 15.9 Å². The minimum atomic E-state index is -3.74. The second kappa shape index (κ2) is 7.21. The summed E-state index contributed by atoms with van der Waals surface area (Å²) in [5.74, 6) is -0.262. The third-order valence-electron chi connectivity index (χ3n) is 3.29. The zero-order chi connectivity index (χ0) is 17.9. The molecule has 8 heteroatoms. The van der Waals surface area contributed by atoms with Crippen LogP contribution in [0.4, 0.5) is 5.69 Å². The summed E-state index contributed by atoms with van der Waals surface area (Å²) in [5.41, 5.74) is 0.753. The van der Waals surface area contributed by atoms with Gasteiger partial charge in [-0.2, -0.15) is 0 Å². The lowest BCUT2D eigenvalue weighted by atomic mass is 10.2. The third kappa shape index (κ3) is 3.87. The number of rotatable bonds is 5. The molecule has 0 spiro atoms. The monoisotopic (exact) mass is 368 g/mol. The summed E-state index contributed by atoms with van der Waals surface area (Å²) in [6.45, 7) is 0. The first-order valence-corrected chi connectivity index (χ1v) is 8.75. The quantitative estimate of drug-likeness (QED) is 0.880. The number of benzene rings is 2. The molecule has 0 bridgehead atoms. The van der Waals surface area contributed by atoms with E-state index in [1.54, 1.807) is 24.3 Å². The lowest BCUT2D eigenvalue weighted by molar-refractivity contribution is 0.102. The summed E-state index contributed by atoms with van der Waals surface area (Å²) >= 11 is 5.80. The van der Waals surface area contributed by atoms with Gasteiger partial charge in [0.15, 0.2) is 0 Å². The van der Waals surface area contributed by atoms with E-state index in [0.717, 1.165) is 4.31 Å². The predicted octanol–water partition coefficient (Wildman–Crippen LogP) is 2.85. The van der Waals surface area contributed by atoms with Crippen molar-refractivity contribution in [3.63, 3.8) is 0 Å². The molecule has 0 saturated carbocycles. The molecule has 1 N–H and O–H groups in total. The number of nitrogens with zero attached hydrogens (tertiary/aromatic N) is 1. The molecular weight excluding hydrogens is 352 g/mol. The summed E-state index contributed by atoms with van der Waals surface area (Å²) in [5, 5.41) is 3.24. The van der Waals surface area contributed by atoms with Crippen LogP contribution in [0.3, 0.4) is 0 Å². The molecule has 0 unspecified atom stereocenters. The molecule has 0 aromatic heterocycles. The number of ether oxygens (including phenoxy) is 1. The van der Waals surface area contributed by atoms with E-state index in [1.165, 1.54) is 39.4 Å². The standard InChI is InChI=1S/C16H17ClN2O4S/c1-19(2)24(21,22)15-10-11(4-9-14(15)23-3)16(20)18-13-7-5-12(17)6-8-13/h4-10H,1-3H3,(H,18,20). The van der Waals surface area contributed by atoms with Gasteiger partial charge in [0.1, 0.15) is 10.6 Å². The summed E-state index contributed by atoms with van der Waals surface area (Å²) in [7, 11) is 0.453. The number of nitrogens with one attached hydrogen (secondary N) is 1. The number of amides is 1. The third-order valence-corrected chi connectivity index (χ3v) is 5.37. The molecule has 0 radical (unpaired) electrons. The fourth-order valence-electron chi connectivity index (χ4n) is 1.95. The van der Waals surface area contributed by atoms with E-state index >= 15 is 0 Å². The molecule has 0 heterocycles. The van der Waals surface area contributed by atoms with E-state index in [9.17, 15) is 13.2 Å². The van der Waals surface area contributed by atoms with Crippen LogP contribution in [0, 0.1) is 0 Å². The van der Waals surface area contributed by atoms with Gasteiger partial charge in [-0.15, -0.1) is 0 Å². The van der Waals surface area contributed by atoms with Gasteiger partial charge in [-0.25, -0.2) is 12.7 Å². The second-order valence-corrected chi connectivity index (χ2v) is 7.67. The molecule has 0 aliphatic carbocycles. The van der Waals surface area contributed by atoms with Crippen LogP contribution in [0.1, 0.15) is 10.4 Å². The van der Waals surface area contributed by atoms with Crippen molar-refractivity contribution in [1.29, 1.82) is 0 Å². The van der Waals surface area contributed by atoms with Crippen molar-refractivity contribution in [2.24, 2.45) is 0 Å². The second-order valence-electron chi connectivity index (χ2n) is 5.11. The van der Waals surface area contributed by atoms with Crippen LogP contribution in [-0.4, -0.2) is 39.8 Å². The van der Waals surface area contributed by atoms with Crippen molar-refractivity contribution in [3.05, 3.63) is 53.1 Å². The van der Waals surface area contributed by atoms with Crippen molar-refractivity contribution >= 4 is 33.2 Å². The smallest absolute Gasteiger partial charge is 0.255 e. The number of carbonyl (C=O) groups excluding carboxylic acids is 1. The highest BCUT2D eigenvalue weighted by atomic mass is 35.5. The number of anilines is 1. The van der Waals surface area contributed by atoms with Gasteiger partial charge in [-0.05, 0) is 42.5 Å². The first kappa shape index (κ1) is 18.3. The molecular formula is C16H17ClN2O4S. The molecule has 0 aliphatic rings. The van der Waals surface area contributed by atoms with Gasteiger partial charge in [0.2, 0.25) is 10.0 Å². The number of carbonyl (C=O) groups is 1. The summed E-state index contributed by atoms with van der Waals surface area (Å²) in [6, 6.07) is 10.8. The fraction of sp³-hybridized carbons (Fsp3) is 0.188. The van der Waals surface area contributed by atoms with Gasteiger partial charge in [-0.3, -0.25) is 4.79 Å². The normalized spacial score (nSPS) is 11.4. The Labute approximate surface area is 146 Å². The topological polar surface area (TPSA) is 75.7 Å². The van der Waals surface area contributed by atoms with Crippen LogP contribution in [0.5, 0.6) is 5.75 Å². The molecule has 24 heavy (non-hydrogen) atoms. The Hall–Kier alpha value is -2.09. The highest BCUT2D eigenvalue weighted by Gasteiger charge is 2.23. The van der Waals surface area contributed by atoms with E-state index in [2.05, 4.69) is 5.32 Å². The first-order chi connectivity index (χ1) is 11.3. The van der Waals surface area contributed by atoms with Crippen LogP contribution < -0.4 is 10.1 Å². The zero-order valence-electron chi connectivity index (χ0n) is 13.4. The van der Waals surface area contributed by atoms with E-state index in [4.69, 9.17) is 16.3 Å². The van der Waals surface area contributed by atoms with Crippen molar-refractivity contribution in [1.82, 2.24) is 4.31 Å². The Kier molecular flexibility index (Phi) is 5.48. The van der Waals surface area contributed by atoms with Gasteiger partial charge in [0, 0.05) is 30.4 Å². The maximum atomic E-state index is 12.4. The summed E-state index contributed by atoms with van der Waals surface area (Å²) < 4.78 is 30.9. The first-order valence-electron chi connectivity index (χ1n) is 6.93. The Morgan fingerprint density at radius 1 is 1.12 bits per heavy atom. The van der Waals surface area contributed by atoms with E-state index in [-0.39, 0.29) is 16.2 Å². The molecule has 0 fully saturated rings. The maximum absolute atomic E-state index is 12.4. The number of methoxy groups -OCH3 is 1. The van der Waals surface area contributed by atoms with Gasteiger partial charge >= 0.3 is 0 Å². The van der Waals surface area contributed by atoms with Crippen molar-refractivity contribution in [3.8, 4) is 5.75 Å². The summed E-state index contributed by atoms with van der Waals surface area (Å²) in [6.07, 6.45) is 0. The summed E-state index contributed by atoms with van der Waals surface area (Å²) in [4.78, 5) is 12.3. The van der Waals surface area contributed by atoms with Crippen molar-refractivity contribution in [2.75, 3.05) is 26.5 Å². The average molecular weight is 369 g/mol. The van der Waals surface area contributed by atoms with Crippen LogP contribution in [0.25, 0.3) is 0 Å². The SMILES string of the molecule is COc1ccc(C(=O)Nc2ccc(Cl)cc2)cc1S(=O)(=O)N(C)C. The highest BCUT2D eigenvalue weighted by molar-refractivity contribution is 7.89. The van der Waals surface area contributed by atoms with Crippen LogP contribution in [-0.2, 0) is 10.0 Å². The molecule has 0 aliphatic heterocycles. The lowest BCUT2D eigenvalue weighted by Crippen LogP contribution is -2.23. The van der Waals surface area contributed by atoms with Crippen molar-refractivity contribution < 1.29 is 17.9 Å². The van der Waals surface area contributed by atoms with Crippen molar-refractivity contribution in [2.45, 2.75) is 4.90 Å². The molecule has 6 nitrogen and oxygen atoms in total. The van der Waals surface area contributed by atoms with Gasteiger partial charge < -0.3 is 10.1 Å². The number of hydrogen-bond acceptors (Lipinski definition) is 4. The Morgan fingerprint density at radius 2 is 1.75 bits per heavy atom. The number of sulfonamides is 1. The van der Waals surface area contributed by atoms with Crippen LogP contribution >= 0.6 is 11.6 Å². The Morgan fingerprint density at radius 3 is 2.29 bits per heavy atom. The molecule has 0 saturated heterocycles. The van der Waals surface area contributed by atoms with Crippen LogP contribution in [0.2, 0.25) is 5.02 Å². The number of hydrogen-bond donors (Lipinski definition) is 1. The van der Waals surface area contributed by atoms with Gasteiger partial charge in [0.25, 0.3) is 5.91 Å². The minimum Gasteiger partial charge on any atom is -0.495 e. The van der Waals surface area contributed by atoms with E-state index in [0.29, 0.717) is 10.7 Å². The largest absolute Gasteiger partial charge is 0.495 e.